The average Bonchev–Trinajstić information content (AvgIpc) is 2.38. The molecule has 1 atom stereocenters. The van der Waals surface area contributed by atoms with Gasteiger partial charge in [-0.1, -0.05) is 0 Å². The van der Waals surface area contributed by atoms with Crippen molar-refractivity contribution in [2.75, 3.05) is 0 Å². The van der Waals surface area contributed by atoms with E-state index < -0.39 is 29.7 Å². The number of hydrogen-bond acceptors (Lipinski definition) is 5. The van der Waals surface area contributed by atoms with Crippen LogP contribution in [0.4, 0.5) is 4.79 Å². The second-order valence-electron chi connectivity index (χ2n) is 4.53. The van der Waals surface area contributed by atoms with Gasteiger partial charge in [0.25, 0.3) is 0 Å². The van der Waals surface area contributed by atoms with E-state index in [-0.39, 0.29) is 12.8 Å². The number of ether oxygens (including phenoxy) is 2. The first kappa shape index (κ1) is 12.5. The Labute approximate surface area is 93.3 Å². The number of hydrogen-bond donors (Lipinski definition) is 1. The molecule has 90 valence electrons. The van der Waals surface area contributed by atoms with Crippen LogP contribution in [0.5, 0.6) is 0 Å². The molecule has 0 aromatic rings. The third-order valence-electron chi connectivity index (χ3n) is 1.83. The molecule has 0 saturated carbocycles. The summed E-state index contributed by atoms with van der Waals surface area (Å²) in [5.41, 5.74) is -0.545. The first-order chi connectivity index (χ1) is 7.28. The molecule has 1 amide bonds. The monoisotopic (exact) mass is 229 g/mol. The fourth-order valence-electron chi connectivity index (χ4n) is 1.24. The molecule has 1 aliphatic rings. The zero-order valence-corrected chi connectivity index (χ0v) is 9.53. The third-order valence-corrected chi connectivity index (χ3v) is 1.83. The SMILES string of the molecule is CC(C)(C)OC(=O)CCC1NC(=O)OC1=O. The largest absolute Gasteiger partial charge is 0.460 e. The van der Waals surface area contributed by atoms with Gasteiger partial charge in [-0.3, -0.25) is 4.79 Å². The van der Waals surface area contributed by atoms with Crippen LogP contribution in [0.25, 0.3) is 0 Å². The van der Waals surface area contributed by atoms with E-state index >= 15 is 0 Å². The molecule has 16 heavy (non-hydrogen) atoms. The van der Waals surface area contributed by atoms with Gasteiger partial charge in [-0.15, -0.1) is 0 Å². The van der Waals surface area contributed by atoms with Gasteiger partial charge >= 0.3 is 18.0 Å². The Morgan fingerprint density at radius 3 is 2.50 bits per heavy atom. The Bertz CT molecular complexity index is 318. The Kier molecular flexibility index (Phi) is 3.51. The lowest BCUT2D eigenvalue weighted by molar-refractivity contribution is -0.155. The molecule has 1 aliphatic heterocycles. The highest BCUT2D eigenvalue weighted by Crippen LogP contribution is 2.12. The van der Waals surface area contributed by atoms with Gasteiger partial charge in [0.2, 0.25) is 0 Å². The minimum atomic E-state index is -0.765. The molecule has 6 heteroatoms. The predicted molar refractivity (Wildman–Crippen MR) is 53.5 cm³/mol. The molecule has 0 aliphatic carbocycles. The van der Waals surface area contributed by atoms with Gasteiger partial charge in [-0.05, 0) is 27.2 Å². The maximum atomic E-state index is 11.3. The molecule has 0 radical (unpaired) electrons. The normalized spacial score (nSPS) is 20.3. The van der Waals surface area contributed by atoms with Gasteiger partial charge in [-0.2, -0.15) is 0 Å². The summed E-state index contributed by atoms with van der Waals surface area (Å²) in [7, 11) is 0. The Balaban J connectivity index is 2.32. The molecule has 0 spiro atoms. The Hall–Kier alpha value is -1.59. The third kappa shape index (κ3) is 3.88. The summed E-state index contributed by atoms with van der Waals surface area (Å²) in [6.45, 7) is 5.28. The highest BCUT2D eigenvalue weighted by molar-refractivity contribution is 5.95. The quantitative estimate of drug-likeness (QED) is 0.570. The first-order valence-corrected chi connectivity index (χ1v) is 5.02. The highest BCUT2D eigenvalue weighted by Gasteiger charge is 2.32. The van der Waals surface area contributed by atoms with Crippen LogP contribution in [0.3, 0.4) is 0 Å². The number of carbonyl (C=O) groups excluding carboxylic acids is 3. The standard InChI is InChI=1S/C10H15NO5/c1-10(2,3)16-7(12)5-4-6-8(13)15-9(14)11-6/h6H,4-5H2,1-3H3,(H,11,14). The molecule has 1 fully saturated rings. The highest BCUT2D eigenvalue weighted by atomic mass is 16.6. The predicted octanol–water partition coefficient (Wildman–Crippen LogP) is 0.743. The summed E-state index contributed by atoms with van der Waals surface area (Å²) in [5.74, 6) is -1.05. The van der Waals surface area contributed by atoms with Gasteiger partial charge < -0.3 is 14.8 Å². The second kappa shape index (κ2) is 4.51. The number of cyclic esters (lactones) is 2. The lowest BCUT2D eigenvalue weighted by Crippen LogP contribution is -2.30. The summed E-state index contributed by atoms with van der Waals surface area (Å²) >= 11 is 0. The van der Waals surface area contributed by atoms with E-state index in [1.165, 1.54) is 0 Å². The van der Waals surface area contributed by atoms with Gasteiger partial charge in [0.05, 0.1) is 0 Å². The molecule has 6 nitrogen and oxygen atoms in total. The van der Waals surface area contributed by atoms with Gasteiger partial charge in [0, 0.05) is 6.42 Å². The van der Waals surface area contributed by atoms with Crippen LogP contribution >= 0.6 is 0 Å². The zero-order chi connectivity index (χ0) is 12.3. The van der Waals surface area contributed by atoms with E-state index in [4.69, 9.17) is 4.74 Å². The van der Waals surface area contributed by atoms with Crippen LogP contribution in [-0.4, -0.2) is 29.7 Å². The molecular formula is C10H15NO5. The van der Waals surface area contributed by atoms with Gasteiger partial charge in [0.1, 0.15) is 11.6 Å². The zero-order valence-electron chi connectivity index (χ0n) is 9.53. The number of esters is 2. The van der Waals surface area contributed by atoms with E-state index in [1.54, 1.807) is 20.8 Å². The molecule has 0 aromatic carbocycles. The van der Waals surface area contributed by atoms with E-state index in [0.717, 1.165) is 0 Å². The second-order valence-corrected chi connectivity index (χ2v) is 4.53. The molecular weight excluding hydrogens is 214 g/mol. The minimum absolute atomic E-state index is 0.0668. The summed E-state index contributed by atoms with van der Waals surface area (Å²) < 4.78 is 9.32. The molecule has 0 bridgehead atoms. The average molecular weight is 229 g/mol. The number of carbonyl (C=O) groups is 3. The van der Waals surface area contributed by atoms with Crippen molar-refractivity contribution in [1.29, 1.82) is 0 Å². The molecule has 1 rings (SSSR count). The maximum Gasteiger partial charge on any atom is 0.415 e. The van der Waals surface area contributed by atoms with E-state index in [9.17, 15) is 14.4 Å². The smallest absolute Gasteiger partial charge is 0.415 e. The number of rotatable bonds is 3. The van der Waals surface area contributed by atoms with Crippen molar-refractivity contribution in [3.8, 4) is 0 Å². The van der Waals surface area contributed by atoms with Crippen LogP contribution in [-0.2, 0) is 19.1 Å². The fourth-order valence-corrected chi connectivity index (χ4v) is 1.24. The molecule has 0 aromatic heterocycles. The van der Waals surface area contributed by atoms with Crippen LogP contribution < -0.4 is 5.32 Å². The van der Waals surface area contributed by atoms with Crippen molar-refractivity contribution < 1.29 is 23.9 Å². The molecule has 1 heterocycles. The lowest BCUT2D eigenvalue weighted by Gasteiger charge is -2.19. The maximum absolute atomic E-state index is 11.3. The van der Waals surface area contributed by atoms with Crippen molar-refractivity contribution >= 4 is 18.0 Å². The summed E-state index contributed by atoms with van der Waals surface area (Å²) in [4.78, 5) is 33.0. The molecule has 1 saturated heterocycles. The summed E-state index contributed by atoms with van der Waals surface area (Å²) in [6, 6.07) is -0.736. The van der Waals surface area contributed by atoms with Crippen LogP contribution in [0, 0.1) is 0 Å². The molecule has 1 unspecified atom stereocenters. The van der Waals surface area contributed by atoms with Gasteiger partial charge in [0.15, 0.2) is 0 Å². The Morgan fingerprint density at radius 1 is 1.44 bits per heavy atom. The van der Waals surface area contributed by atoms with Crippen molar-refractivity contribution in [3.63, 3.8) is 0 Å². The van der Waals surface area contributed by atoms with E-state index in [2.05, 4.69) is 10.1 Å². The number of nitrogens with one attached hydrogen (secondary N) is 1. The lowest BCUT2D eigenvalue weighted by atomic mass is 10.1. The van der Waals surface area contributed by atoms with Crippen molar-refractivity contribution in [2.24, 2.45) is 0 Å². The van der Waals surface area contributed by atoms with Crippen molar-refractivity contribution in [2.45, 2.75) is 45.3 Å². The summed E-state index contributed by atoms with van der Waals surface area (Å²) in [6.07, 6.45) is -0.504. The van der Waals surface area contributed by atoms with Crippen molar-refractivity contribution in [3.05, 3.63) is 0 Å². The Morgan fingerprint density at radius 2 is 2.06 bits per heavy atom. The van der Waals surface area contributed by atoms with Gasteiger partial charge in [-0.25, -0.2) is 9.59 Å². The number of amides is 1. The fraction of sp³-hybridized carbons (Fsp3) is 0.700. The minimum Gasteiger partial charge on any atom is -0.460 e. The van der Waals surface area contributed by atoms with E-state index in [0.29, 0.717) is 0 Å². The number of alkyl carbamates (subject to hydrolysis) is 1. The first-order valence-electron chi connectivity index (χ1n) is 5.02. The summed E-state index contributed by atoms with van der Waals surface area (Å²) in [5, 5.41) is 2.30. The van der Waals surface area contributed by atoms with Crippen molar-refractivity contribution in [1.82, 2.24) is 5.32 Å². The van der Waals surface area contributed by atoms with E-state index in [1.807, 2.05) is 0 Å². The van der Waals surface area contributed by atoms with Crippen LogP contribution in [0.2, 0.25) is 0 Å². The van der Waals surface area contributed by atoms with Crippen LogP contribution in [0.15, 0.2) is 0 Å². The molecule has 1 N–H and O–H groups in total. The van der Waals surface area contributed by atoms with Crippen LogP contribution in [0.1, 0.15) is 33.6 Å². The topological polar surface area (TPSA) is 81.7 Å².